The molecule has 92 valence electrons. The number of pyridine rings is 1. The van der Waals surface area contributed by atoms with Crippen molar-refractivity contribution in [2.75, 3.05) is 0 Å². The lowest BCUT2D eigenvalue weighted by molar-refractivity contribution is -0.125. The molecule has 2 atom stereocenters. The van der Waals surface area contributed by atoms with Gasteiger partial charge in [0.2, 0.25) is 5.91 Å². The van der Waals surface area contributed by atoms with Crippen molar-refractivity contribution < 1.29 is 4.79 Å². The van der Waals surface area contributed by atoms with Gasteiger partial charge in [0.15, 0.2) is 0 Å². The van der Waals surface area contributed by atoms with Crippen molar-refractivity contribution in [1.29, 1.82) is 0 Å². The average Bonchev–Trinajstić information content (AvgIpc) is 2.72. The van der Waals surface area contributed by atoms with Crippen molar-refractivity contribution in [3.63, 3.8) is 0 Å². The molecule has 3 N–H and O–H groups in total. The summed E-state index contributed by atoms with van der Waals surface area (Å²) >= 11 is 0. The van der Waals surface area contributed by atoms with Gasteiger partial charge in [-0.2, -0.15) is 0 Å². The maximum Gasteiger partial charge on any atom is 0.224 e. The van der Waals surface area contributed by atoms with Crippen LogP contribution in [0.15, 0.2) is 18.2 Å². The third-order valence-corrected chi connectivity index (χ3v) is 3.30. The van der Waals surface area contributed by atoms with Crippen LogP contribution in [0.5, 0.6) is 0 Å². The normalized spacial score (nSPS) is 23.6. The largest absolute Gasteiger partial charge is 0.350 e. The highest BCUT2D eigenvalue weighted by Crippen LogP contribution is 2.23. The minimum atomic E-state index is -0.0141. The van der Waals surface area contributed by atoms with E-state index in [0.29, 0.717) is 6.54 Å². The Hall–Kier alpha value is -1.42. The Bertz CT molecular complexity index is 405. The highest BCUT2D eigenvalue weighted by Gasteiger charge is 2.29. The molecule has 0 saturated heterocycles. The summed E-state index contributed by atoms with van der Waals surface area (Å²) in [5.74, 6) is 0.0538. The molecule has 1 saturated carbocycles. The fraction of sp³-hybridized carbons (Fsp3) is 0.538. The molecule has 1 fully saturated rings. The van der Waals surface area contributed by atoms with Crippen molar-refractivity contribution in [3.05, 3.63) is 29.6 Å². The lowest BCUT2D eigenvalue weighted by Crippen LogP contribution is -2.38. The Labute approximate surface area is 102 Å². The van der Waals surface area contributed by atoms with Gasteiger partial charge >= 0.3 is 0 Å². The number of nitrogens with two attached hydrogens (primary N) is 1. The van der Waals surface area contributed by atoms with Crippen LogP contribution in [0.1, 0.15) is 30.7 Å². The highest BCUT2D eigenvalue weighted by molar-refractivity contribution is 5.79. The summed E-state index contributed by atoms with van der Waals surface area (Å²) in [6.07, 6.45) is 2.93. The molecule has 2 unspecified atom stereocenters. The zero-order valence-electron chi connectivity index (χ0n) is 10.1. The summed E-state index contributed by atoms with van der Waals surface area (Å²) in [5, 5.41) is 2.92. The molecule has 4 heteroatoms. The number of carbonyl (C=O) groups excluding carboxylic acids is 1. The van der Waals surface area contributed by atoms with Gasteiger partial charge in [0.25, 0.3) is 0 Å². The van der Waals surface area contributed by atoms with Gasteiger partial charge in [0.05, 0.1) is 18.2 Å². The Morgan fingerprint density at radius 1 is 1.53 bits per heavy atom. The van der Waals surface area contributed by atoms with E-state index in [2.05, 4.69) is 10.3 Å². The number of nitrogens with zero attached hydrogens (tertiary/aromatic N) is 1. The summed E-state index contributed by atoms with van der Waals surface area (Å²) in [4.78, 5) is 16.2. The average molecular weight is 233 g/mol. The van der Waals surface area contributed by atoms with Crippen LogP contribution >= 0.6 is 0 Å². The molecule has 0 aromatic carbocycles. The van der Waals surface area contributed by atoms with Crippen molar-refractivity contribution in [1.82, 2.24) is 10.3 Å². The topological polar surface area (TPSA) is 68.0 Å². The summed E-state index contributed by atoms with van der Waals surface area (Å²) in [6.45, 7) is 2.43. The maximum absolute atomic E-state index is 11.9. The van der Waals surface area contributed by atoms with Gasteiger partial charge in [-0.3, -0.25) is 9.78 Å². The van der Waals surface area contributed by atoms with E-state index < -0.39 is 0 Å². The van der Waals surface area contributed by atoms with E-state index in [1.807, 2.05) is 25.1 Å². The summed E-state index contributed by atoms with van der Waals surface area (Å²) in [6, 6.07) is 5.84. The van der Waals surface area contributed by atoms with Crippen LogP contribution in [0.25, 0.3) is 0 Å². The van der Waals surface area contributed by atoms with E-state index in [-0.39, 0.29) is 17.9 Å². The van der Waals surface area contributed by atoms with Gasteiger partial charge in [-0.1, -0.05) is 12.5 Å². The number of aromatic nitrogens is 1. The van der Waals surface area contributed by atoms with Crippen molar-refractivity contribution in [2.24, 2.45) is 11.7 Å². The van der Waals surface area contributed by atoms with E-state index in [1.165, 1.54) is 0 Å². The second kappa shape index (κ2) is 5.27. The number of nitrogens with one attached hydrogen (secondary N) is 1. The Morgan fingerprint density at radius 2 is 2.35 bits per heavy atom. The van der Waals surface area contributed by atoms with Crippen molar-refractivity contribution in [2.45, 2.75) is 38.8 Å². The van der Waals surface area contributed by atoms with Crippen molar-refractivity contribution in [3.8, 4) is 0 Å². The molecule has 1 aliphatic carbocycles. The SMILES string of the molecule is Cc1cccc(CNC(=O)C2CCCC2N)n1. The lowest BCUT2D eigenvalue weighted by Gasteiger charge is -2.14. The van der Waals surface area contributed by atoms with Crippen LogP contribution in [0.3, 0.4) is 0 Å². The van der Waals surface area contributed by atoms with E-state index in [1.54, 1.807) is 0 Å². The molecule has 2 rings (SSSR count). The number of aryl methyl sites for hydroxylation is 1. The van der Waals surface area contributed by atoms with Gasteiger partial charge in [0, 0.05) is 11.7 Å². The van der Waals surface area contributed by atoms with E-state index >= 15 is 0 Å². The monoisotopic (exact) mass is 233 g/mol. The molecular formula is C13H19N3O. The molecule has 1 heterocycles. The number of amides is 1. The first kappa shape index (κ1) is 12.0. The van der Waals surface area contributed by atoms with Gasteiger partial charge in [0.1, 0.15) is 0 Å². The fourth-order valence-electron chi connectivity index (χ4n) is 2.32. The van der Waals surface area contributed by atoms with Crippen LogP contribution in [-0.4, -0.2) is 16.9 Å². The first-order valence-corrected chi connectivity index (χ1v) is 6.12. The van der Waals surface area contributed by atoms with Crippen LogP contribution < -0.4 is 11.1 Å². The Morgan fingerprint density at radius 3 is 3.00 bits per heavy atom. The zero-order chi connectivity index (χ0) is 12.3. The third-order valence-electron chi connectivity index (χ3n) is 3.30. The van der Waals surface area contributed by atoms with Gasteiger partial charge < -0.3 is 11.1 Å². The Kier molecular flexibility index (Phi) is 3.74. The molecule has 1 aliphatic rings. The van der Waals surface area contributed by atoms with Crippen LogP contribution in [0, 0.1) is 12.8 Å². The fourth-order valence-corrected chi connectivity index (χ4v) is 2.32. The van der Waals surface area contributed by atoms with E-state index in [9.17, 15) is 4.79 Å². The first-order valence-electron chi connectivity index (χ1n) is 6.12. The molecule has 4 nitrogen and oxygen atoms in total. The predicted octanol–water partition coefficient (Wildman–Crippen LogP) is 1.13. The minimum absolute atomic E-state index is 0.0141. The van der Waals surface area contributed by atoms with Gasteiger partial charge in [-0.25, -0.2) is 0 Å². The van der Waals surface area contributed by atoms with Crippen LogP contribution in [-0.2, 0) is 11.3 Å². The summed E-state index contributed by atoms with van der Waals surface area (Å²) in [5.41, 5.74) is 7.76. The van der Waals surface area contributed by atoms with E-state index in [4.69, 9.17) is 5.73 Å². The first-order chi connectivity index (χ1) is 8.16. The third kappa shape index (κ3) is 3.03. The van der Waals surface area contributed by atoms with Gasteiger partial charge in [-0.05, 0) is 31.9 Å². The summed E-state index contributed by atoms with van der Waals surface area (Å²) in [7, 11) is 0. The second-order valence-corrected chi connectivity index (χ2v) is 4.69. The molecule has 0 radical (unpaired) electrons. The quantitative estimate of drug-likeness (QED) is 0.822. The molecule has 17 heavy (non-hydrogen) atoms. The van der Waals surface area contributed by atoms with E-state index in [0.717, 1.165) is 30.7 Å². The molecule has 1 amide bonds. The van der Waals surface area contributed by atoms with Gasteiger partial charge in [-0.15, -0.1) is 0 Å². The lowest BCUT2D eigenvalue weighted by atomic mass is 10.0. The number of hydrogen-bond donors (Lipinski definition) is 2. The molecule has 0 aliphatic heterocycles. The Balaban J connectivity index is 1.88. The molecule has 0 spiro atoms. The molecule has 1 aromatic rings. The second-order valence-electron chi connectivity index (χ2n) is 4.69. The molecular weight excluding hydrogens is 214 g/mol. The van der Waals surface area contributed by atoms with Crippen molar-refractivity contribution >= 4 is 5.91 Å². The maximum atomic E-state index is 11.9. The number of rotatable bonds is 3. The number of carbonyl (C=O) groups is 1. The van der Waals surface area contributed by atoms with Crippen LogP contribution in [0.4, 0.5) is 0 Å². The number of hydrogen-bond acceptors (Lipinski definition) is 3. The smallest absolute Gasteiger partial charge is 0.224 e. The summed E-state index contributed by atoms with van der Waals surface area (Å²) < 4.78 is 0. The minimum Gasteiger partial charge on any atom is -0.350 e. The predicted molar refractivity (Wildman–Crippen MR) is 66.1 cm³/mol. The molecule has 1 aromatic heterocycles. The zero-order valence-corrected chi connectivity index (χ0v) is 10.1. The highest BCUT2D eigenvalue weighted by atomic mass is 16.1. The standard InChI is InChI=1S/C13H19N3O/c1-9-4-2-5-10(16-9)8-15-13(17)11-6-3-7-12(11)14/h2,4-5,11-12H,3,6-8,14H2,1H3,(H,15,17). The molecule has 0 bridgehead atoms. The van der Waals surface area contributed by atoms with Crippen LogP contribution in [0.2, 0.25) is 0 Å².